The zero-order valence-electron chi connectivity index (χ0n) is 15.4. The first kappa shape index (κ1) is 19.0. The second-order valence-electron chi connectivity index (χ2n) is 6.65. The van der Waals surface area contributed by atoms with Crippen molar-refractivity contribution in [2.45, 2.75) is 6.42 Å². The Morgan fingerprint density at radius 2 is 2.00 bits per heavy atom. The molecule has 0 bridgehead atoms. The van der Waals surface area contributed by atoms with Gasteiger partial charge in [-0.2, -0.15) is 0 Å². The van der Waals surface area contributed by atoms with Crippen LogP contribution in [0.4, 0.5) is 11.5 Å². The highest BCUT2D eigenvalue weighted by atomic mass is 35.5. The quantitative estimate of drug-likeness (QED) is 0.618. The number of pyridine rings is 1. The molecule has 0 saturated carbocycles. The first-order valence-corrected chi connectivity index (χ1v) is 9.47. The Bertz CT molecular complexity index is 1110. The zero-order valence-corrected chi connectivity index (χ0v) is 16.1. The summed E-state index contributed by atoms with van der Waals surface area (Å²) in [6, 6.07) is 8.30. The summed E-state index contributed by atoms with van der Waals surface area (Å²) in [6.07, 6.45) is 2.30. The van der Waals surface area contributed by atoms with Crippen LogP contribution in [0.15, 0.2) is 45.7 Å². The van der Waals surface area contributed by atoms with E-state index in [1.807, 2.05) is 6.07 Å². The topological polar surface area (TPSA) is 112 Å². The van der Waals surface area contributed by atoms with Gasteiger partial charge in [0.2, 0.25) is 0 Å². The van der Waals surface area contributed by atoms with E-state index in [0.29, 0.717) is 47.9 Å². The summed E-state index contributed by atoms with van der Waals surface area (Å²) < 4.78 is 4.97. The molecule has 10 heteroatoms. The number of oxazole rings is 1. The Morgan fingerprint density at radius 3 is 2.79 bits per heavy atom. The number of amides is 2. The van der Waals surface area contributed by atoms with Crippen LogP contribution >= 0.6 is 11.6 Å². The van der Waals surface area contributed by atoms with Crippen LogP contribution in [0.2, 0.25) is 5.02 Å². The van der Waals surface area contributed by atoms with Crippen molar-refractivity contribution in [2.75, 3.05) is 36.4 Å². The highest BCUT2D eigenvalue weighted by molar-refractivity contribution is 6.39. The normalized spacial score (nSPS) is 14.7. The van der Waals surface area contributed by atoms with Crippen molar-refractivity contribution < 1.29 is 14.0 Å². The van der Waals surface area contributed by atoms with Crippen molar-refractivity contribution in [2.24, 2.45) is 0 Å². The molecule has 0 spiro atoms. The molecule has 3 aromatic rings. The van der Waals surface area contributed by atoms with Crippen LogP contribution < -0.4 is 16.0 Å². The molecular weight excluding hydrogens is 398 g/mol. The molecule has 1 aromatic carbocycles. The van der Waals surface area contributed by atoms with E-state index < -0.39 is 17.6 Å². The van der Waals surface area contributed by atoms with E-state index in [9.17, 15) is 14.4 Å². The minimum atomic E-state index is -0.736. The third kappa shape index (κ3) is 4.24. The maximum absolute atomic E-state index is 12.6. The first-order chi connectivity index (χ1) is 14.0. The summed E-state index contributed by atoms with van der Waals surface area (Å²) in [5.74, 6) is -1.13. The van der Waals surface area contributed by atoms with Crippen LogP contribution in [0, 0.1) is 0 Å². The van der Waals surface area contributed by atoms with Crippen LogP contribution in [-0.4, -0.2) is 52.9 Å². The number of aromatic amines is 1. The van der Waals surface area contributed by atoms with Gasteiger partial charge < -0.3 is 19.5 Å². The third-order valence-electron chi connectivity index (χ3n) is 4.69. The largest absolute Gasteiger partial charge is 0.417 e. The van der Waals surface area contributed by atoms with Crippen molar-refractivity contribution in [1.29, 1.82) is 0 Å². The smallest absolute Gasteiger partial charge is 0.408 e. The van der Waals surface area contributed by atoms with E-state index in [0.717, 1.165) is 12.4 Å². The van der Waals surface area contributed by atoms with Crippen LogP contribution in [0.25, 0.3) is 11.1 Å². The molecule has 1 saturated heterocycles. The summed E-state index contributed by atoms with van der Waals surface area (Å²) in [4.78, 5) is 46.6. The molecule has 29 heavy (non-hydrogen) atoms. The fourth-order valence-electron chi connectivity index (χ4n) is 3.26. The average molecular weight is 416 g/mol. The van der Waals surface area contributed by atoms with Crippen molar-refractivity contribution in [3.05, 3.63) is 52.1 Å². The maximum Gasteiger partial charge on any atom is 0.417 e. The van der Waals surface area contributed by atoms with E-state index in [1.165, 1.54) is 11.0 Å². The van der Waals surface area contributed by atoms with Crippen LogP contribution in [-0.2, 0) is 9.59 Å². The second-order valence-corrected chi connectivity index (χ2v) is 7.08. The lowest BCUT2D eigenvalue weighted by molar-refractivity contribution is -0.143. The van der Waals surface area contributed by atoms with Gasteiger partial charge in [-0.3, -0.25) is 14.6 Å². The van der Waals surface area contributed by atoms with Gasteiger partial charge in [0.25, 0.3) is 0 Å². The highest BCUT2D eigenvalue weighted by Crippen LogP contribution is 2.18. The SMILES string of the molecule is O=C(Nc1ccc2[nH]c(=O)oc2c1)C(=O)N1CCCN(c2ccc(Cl)cn2)CC1. The Kier molecular flexibility index (Phi) is 5.22. The minimum absolute atomic E-state index is 0.307. The number of benzene rings is 1. The Labute approximate surface area is 170 Å². The van der Waals surface area contributed by atoms with E-state index in [1.54, 1.807) is 24.4 Å². The van der Waals surface area contributed by atoms with Crippen molar-refractivity contribution in [1.82, 2.24) is 14.9 Å². The summed E-state index contributed by atoms with van der Waals surface area (Å²) in [5.41, 5.74) is 1.20. The molecule has 4 rings (SSSR count). The maximum atomic E-state index is 12.6. The van der Waals surface area contributed by atoms with Crippen LogP contribution in [0.1, 0.15) is 6.42 Å². The van der Waals surface area contributed by atoms with Gasteiger partial charge >= 0.3 is 17.6 Å². The van der Waals surface area contributed by atoms with Crippen LogP contribution in [0.5, 0.6) is 0 Å². The number of carbonyl (C=O) groups excluding carboxylic acids is 2. The highest BCUT2D eigenvalue weighted by Gasteiger charge is 2.25. The molecule has 150 valence electrons. The Balaban J connectivity index is 1.39. The Morgan fingerprint density at radius 1 is 1.14 bits per heavy atom. The number of hydrogen-bond donors (Lipinski definition) is 2. The fourth-order valence-corrected chi connectivity index (χ4v) is 3.37. The molecule has 1 aliphatic rings. The lowest BCUT2D eigenvalue weighted by Gasteiger charge is -2.22. The molecule has 2 aromatic heterocycles. The van der Waals surface area contributed by atoms with Gasteiger partial charge in [0.05, 0.1) is 10.5 Å². The number of H-pyrrole nitrogens is 1. The number of carbonyl (C=O) groups is 2. The van der Waals surface area contributed by atoms with Gasteiger partial charge in [0, 0.05) is 44.1 Å². The number of hydrogen-bond acceptors (Lipinski definition) is 6. The van der Waals surface area contributed by atoms with E-state index in [-0.39, 0.29) is 0 Å². The summed E-state index contributed by atoms with van der Waals surface area (Å²) >= 11 is 5.88. The monoisotopic (exact) mass is 415 g/mol. The number of aromatic nitrogens is 2. The number of halogens is 1. The van der Waals surface area contributed by atoms with E-state index in [4.69, 9.17) is 16.0 Å². The van der Waals surface area contributed by atoms with E-state index >= 15 is 0 Å². The van der Waals surface area contributed by atoms with Gasteiger partial charge in [-0.25, -0.2) is 9.78 Å². The molecule has 3 heterocycles. The zero-order chi connectivity index (χ0) is 20.4. The lowest BCUT2D eigenvalue weighted by Crippen LogP contribution is -2.41. The molecule has 0 atom stereocenters. The molecule has 0 unspecified atom stereocenters. The molecule has 1 aliphatic heterocycles. The molecule has 2 amide bonds. The van der Waals surface area contributed by atoms with Gasteiger partial charge in [-0.15, -0.1) is 0 Å². The molecule has 0 radical (unpaired) electrons. The van der Waals surface area contributed by atoms with Gasteiger partial charge in [0.15, 0.2) is 5.58 Å². The second kappa shape index (κ2) is 7.96. The van der Waals surface area contributed by atoms with Gasteiger partial charge in [-0.05, 0) is 30.7 Å². The third-order valence-corrected chi connectivity index (χ3v) is 4.92. The van der Waals surface area contributed by atoms with Gasteiger partial charge in [0.1, 0.15) is 5.82 Å². The predicted molar refractivity (Wildman–Crippen MR) is 108 cm³/mol. The molecule has 1 fully saturated rings. The number of fused-ring (bicyclic) bond motifs is 1. The predicted octanol–water partition coefficient (Wildman–Crippen LogP) is 1.85. The average Bonchev–Trinajstić information content (AvgIpc) is 2.91. The summed E-state index contributed by atoms with van der Waals surface area (Å²) in [5, 5.41) is 3.13. The summed E-state index contributed by atoms with van der Waals surface area (Å²) in [6.45, 7) is 2.17. The molecule has 0 aliphatic carbocycles. The fraction of sp³-hybridized carbons (Fsp3) is 0.263. The lowest BCUT2D eigenvalue weighted by atomic mass is 10.3. The first-order valence-electron chi connectivity index (χ1n) is 9.09. The van der Waals surface area contributed by atoms with Gasteiger partial charge in [-0.1, -0.05) is 11.6 Å². The number of rotatable bonds is 2. The molecule has 9 nitrogen and oxygen atoms in total. The number of nitrogens with one attached hydrogen (secondary N) is 2. The van der Waals surface area contributed by atoms with Crippen LogP contribution in [0.3, 0.4) is 0 Å². The molecule has 2 N–H and O–H groups in total. The summed E-state index contributed by atoms with van der Waals surface area (Å²) in [7, 11) is 0. The molecular formula is C19H18ClN5O4. The van der Waals surface area contributed by atoms with Crippen molar-refractivity contribution >= 4 is 46.0 Å². The van der Waals surface area contributed by atoms with Crippen molar-refractivity contribution in [3.63, 3.8) is 0 Å². The van der Waals surface area contributed by atoms with E-state index in [2.05, 4.69) is 20.2 Å². The standard InChI is InChI=1S/C19H18ClN5O4/c20-12-2-5-16(21-11-12)24-6-1-7-25(9-8-24)18(27)17(26)22-13-3-4-14-15(10-13)29-19(28)23-14/h2-5,10-11H,1,6-9H2,(H,22,26)(H,23,28). The number of nitrogens with zero attached hydrogens (tertiary/aromatic N) is 3. The van der Waals surface area contributed by atoms with Crippen molar-refractivity contribution in [3.8, 4) is 0 Å². The number of anilines is 2. The Hall–Kier alpha value is -3.33. The minimum Gasteiger partial charge on any atom is -0.408 e.